The molecule has 3 rings (SSSR count). The number of hydrogen-bond donors (Lipinski definition) is 1. The predicted molar refractivity (Wildman–Crippen MR) is 88.0 cm³/mol. The summed E-state index contributed by atoms with van der Waals surface area (Å²) in [5.74, 6) is 2.55. The standard InChI is InChI=1S/C19H29NO/c1-5-11-20-18-16-9-7-13-12-14(21-4)8-10-15(13)17(16)19(18,3)6-2/h8,10,12,16-18,20H,5-7,9,11H2,1-4H3. The van der Waals surface area contributed by atoms with Crippen molar-refractivity contribution in [3.63, 3.8) is 0 Å². The highest BCUT2D eigenvalue weighted by molar-refractivity contribution is 5.44. The molecule has 116 valence electrons. The second-order valence-corrected chi connectivity index (χ2v) is 7.04. The van der Waals surface area contributed by atoms with E-state index in [4.69, 9.17) is 4.74 Å². The molecule has 4 unspecified atom stereocenters. The molecule has 0 amide bonds. The van der Waals surface area contributed by atoms with Crippen molar-refractivity contribution in [1.29, 1.82) is 0 Å². The van der Waals surface area contributed by atoms with E-state index in [1.54, 1.807) is 12.7 Å². The van der Waals surface area contributed by atoms with Crippen LogP contribution in [0.3, 0.4) is 0 Å². The van der Waals surface area contributed by atoms with E-state index >= 15 is 0 Å². The van der Waals surface area contributed by atoms with Gasteiger partial charge in [0.1, 0.15) is 5.75 Å². The molecule has 0 heterocycles. The molecule has 0 saturated heterocycles. The number of ether oxygens (including phenoxy) is 1. The van der Waals surface area contributed by atoms with Crippen molar-refractivity contribution < 1.29 is 4.74 Å². The first-order chi connectivity index (χ1) is 10.2. The Hall–Kier alpha value is -1.02. The van der Waals surface area contributed by atoms with E-state index < -0.39 is 0 Å². The summed E-state index contributed by atoms with van der Waals surface area (Å²) in [6, 6.07) is 7.43. The molecular formula is C19H29NO. The fraction of sp³-hybridized carbons (Fsp3) is 0.684. The van der Waals surface area contributed by atoms with Gasteiger partial charge in [0.2, 0.25) is 0 Å². The number of fused-ring (bicyclic) bond motifs is 3. The number of hydrogen-bond acceptors (Lipinski definition) is 2. The van der Waals surface area contributed by atoms with Crippen LogP contribution in [-0.2, 0) is 6.42 Å². The van der Waals surface area contributed by atoms with Crippen LogP contribution >= 0.6 is 0 Å². The maximum Gasteiger partial charge on any atom is 0.119 e. The van der Waals surface area contributed by atoms with Gasteiger partial charge in [0.15, 0.2) is 0 Å². The lowest BCUT2D eigenvalue weighted by molar-refractivity contribution is -0.0397. The summed E-state index contributed by atoms with van der Waals surface area (Å²) in [5.41, 5.74) is 3.51. The average molecular weight is 287 g/mol. The minimum Gasteiger partial charge on any atom is -0.497 e. The molecule has 2 aliphatic rings. The summed E-state index contributed by atoms with van der Waals surface area (Å²) in [5, 5.41) is 3.84. The Balaban J connectivity index is 1.90. The number of aryl methyl sites for hydroxylation is 1. The van der Waals surface area contributed by atoms with Gasteiger partial charge in [-0.2, -0.15) is 0 Å². The summed E-state index contributed by atoms with van der Waals surface area (Å²) < 4.78 is 5.40. The predicted octanol–water partition coefficient (Wildman–Crippen LogP) is 4.14. The molecule has 2 heteroatoms. The van der Waals surface area contributed by atoms with Crippen molar-refractivity contribution in [2.75, 3.05) is 13.7 Å². The largest absolute Gasteiger partial charge is 0.497 e. The first-order valence-electron chi connectivity index (χ1n) is 8.55. The molecule has 0 aliphatic heterocycles. The molecule has 4 atom stereocenters. The van der Waals surface area contributed by atoms with Crippen molar-refractivity contribution in [3.05, 3.63) is 29.3 Å². The highest BCUT2D eigenvalue weighted by Gasteiger charge is 2.59. The zero-order valence-electron chi connectivity index (χ0n) is 13.9. The fourth-order valence-electron chi connectivity index (χ4n) is 4.84. The minimum absolute atomic E-state index is 0.406. The maximum atomic E-state index is 5.40. The lowest BCUT2D eigenvalue weighted by Gasteiger charge is -2.63. The van der Waals surface area contributed by atoms with Crippen LogP contribution in [-0.4, -0.2) is 19.7 Å². The molecule has 2 nitrogen and oxygen atoms in total. The third-order valence-corrected chi connectivity index (χ3v) is 6.09. The first kappa shape index (κ1) is 14.9. The van der Waals surface area contributed by atoms with Gasteiger partial charge in [0.05, 0.1) is 7.11 Å². The van der Waals surface area contributed by atoms with E-state index in [2.05, 4.69) is 44.3 Å². The van der Waals surface area contributed by atoms with Crippen LogP contribution in [0, 0.1) is 11.3 Å². The van der Waals surface area contributed by atoms with Gasteiger partial charge in [0.25, 0.3) is 0 Å². The molecule has 0 spiro atoms. The van der Waals surface area contributed by atoms with E-state index in [0.717, 1.165) is 24.1 Å². The van der Waals surface area contributed by atoms with E-state index in [1.807, 2.05) is 0 Å². The summed E-state index contributed by atoms with van der Waals surface area (Å²) in [6.45, 7) is 8.25. The van der Waals surface area contributed by atoms with Gasteiger partial charge in [-0.1, -0.05) is 26.8 Å². The van der Waals surface area contributed by atoms with Gasteiger partial charge in [-0.25, -0.2) is 0 Å². The van der Waals surface area contributed by atoms with Crippen LogP contribution in [0.2, 0.25) is 0 Å². The second-order valence-electron chi connectivity index (χ2n) is 7.04. The summed E-state index contributed by atoms with van der Waals surface area (Å²) in [7, 11) is 1.76. The van der Waals surface area contributed by atoms with Crippen molar-refractivity contribution in [2.45, 2.75) is 58.4 Å². The topological polar surface area (TPSA) is 21.3 Å². The molecule has 1 fully saturated rings. The Morgan fingerprint density at radius 3 is 2.81 bits per heavy atom. The minimum atomic E-state index is 0.406. The molecule has 1 N–H and O–H groups in total. The number of rotatable bonds is 5. The monoisotopic (exact) mass is 287 g/mol. The molecule has 0 bridgehead atoms. The molecule has 21 heavy (non-hydrogen) atoms. The number of benzene rings is 1. The highest BCUT2D eigenvalue weighted by Crippen LogP contribution is 2.62. The quantitative estimate of drug-likeness (QED) is 0.879. The SMILES string of the molecule is CCCNC1C2CCc3cc(OC)ccc3C2C1(C)CC. The molecule has 0 radical (unpaired) electrons. The van der Waals surface area contributed by atoms with Gasteiger partial charge in [-0.05, 0) is 72.7 Å². The van der Waals surface area contributed by atoms with Crippen LogP contribution in [0.4, 0.5) is 0 Å². The fourth-order valence-corrected chi connectivity index (χ4v) is 4.84. The smallest absolute Gasteiger partial charge is 0.119 e. The molecular weight excluding hydrogens is 258 g/mol. The molecule has 1 aromatic carbocycles. The zero-order valence-corrected chi connectivity index (χ0v) is 13.9. The van der Waals surface area contributed by atoms with Crippen LogP contribution in [0.25, 0.3) is 0 Å². The Kier molecular flexibility index (Phi) is 4.00. The van der Waals surface area contributed by atoms with Crippen molar-refractivity contribution in [2.24, 2.45) is 11.3 Å². The van der Waals surface area contributed by atoms with E-state index in [0.29, 0.717) is 11.5 Å². The van der Waals surface area contributed by atoms with Crippen LogP contribution in [0.5, 0.6) is 5.75 Å². The van der Waals surface area contributed by atoms with Crippen molar-refractivity contribution in [3.8, 4) is 5.75 Å². The van der Waals surface area contributed by atoms with Crippen molar-refractivity contribution in [1.82, 2.24) is 5.32 Å². The lowest BCUT2D eigenvalue weighted by Crippen LogP contribution is -2.64. The Morgan fingerprint density at radius 1 is 1.33 bits per heavy atom. The van der Waals surface area contributed by atoms with Crippen LogP contribution in [0.15, 0.2) is 18.2 Å². The van der Waals surface area contributed by atoms with Gasteiger partial charge < -0.3 is 10.1 Å². The van der Waals surface area contributed by atoms with E-state index in [9.17, 15) is 0 Å². The Bertz CT molecular complexity index is 512. The lowest BCUT2D eigenvalue weighted by atomic mass is 9.45. The van der Waals surface area contributed by atoms with E-state index in [1.165, 1.54) is 31.2 Å². The summed E-state index contributed by atoms with van der Waals surface area (Å²) >= 11 is 0. The molecule has 1 aromatic rings. The van der Waals surface area contributed by atoms with Crippen molar-refractivity contribution >= 4 is 0 Å². The molecule has 1 saturated carbocycles. The second kappa shape index (κ2) is 5.64. The first-order valence-corrected chi connectivity index (χ1v) is 8.55. The summed E-state index contributed by atoms with van der Waals surface area (Å²) in [4.78, 5) is 0. The summed E-state index contributed by atoms with van der Waals surface area (Å²) in [6.07, 6.45) is 5.00. The molecule has 2 aliphatic carbocycles. The van der Waals surface area contributed by atoms with Crippen LogP contribution < -0.4 is 10.1 Å². The average Bonchev–Trinajstić information content (AvgIpc) is 2.52. The van der Waals surface area contributed by atoms with Gasteiger partial charge in [-0.3, -0.25) is 0 Å². The zero-order chi connectivity index (χ0) is 15.0. The maximum absolute atomic E-state index is 5.40. The third kappa shape index (κ3) is 2.19. The van der Waals surface area contributed by atoms with Crippen LogP contribution in [0.1, 0.15) is 57.1 Å². The Labute approximate surface area is 129 Å². The van der Waals surface area contributed by atoms with E-state index in [-0.39, 0.29) is 0 Å². The van der Waals surface area contributed by atoms with Gasteiger partial charge >= 0.3 is 0 Å². The van der Waals surface area contributed by atoms with Gasteiger partial charge in [0, 0.05) is 6.04 Å². The molecule has 0 aromatic heterocycles. The Morgan fingerprint density at radius 2 is 2.14 bits per heavy atom. The normalized spacial score (nSPS) is 33.8. The highest BCUT2D eigenvalue weighted by atomic mass is 16.5. The number of nitrogens with one attached hydrogen (secondary N) is 1. The van der Waals surface area contributed by atoms with Gasteiger partial charge in [-0.15, -0.1) is 0 Å². The third-order valence-electron chi connectivity index (χ3n) is 6.09. The number of methoxy groups -OCH3 is 1.